The molecule has 4 rings (SSSR count). The van der Waals surface area contributed by atoms with Crippen molar-refractivity contribution in [3.8, 4) is 0 Å². The predicted octanol–water partition coefficient (Wildman–Crippen LogP) is 1.44. The lowest BCUT2D eigenvalue weighted by Crippen LogP contribution is -2.42. The van der Waals surface area contributed by atoms with E-state index in [9.17, 15) is 14.4 Å². The van der Waals surface area contributed by atoms with Crippen molar-refractivity contribution in [3.63, 3.8) is 0 Å². The first-order chi connectivity index (χ1) is 11.7. The van der Waals surface area contributed by atoms with E-state index in [1.165, 1.54) is 0 Å². The molecule has 0 atom stereocenters. The number of benzene rings is 1. The van der Waals surface area contributed by atoms with Crippen molar-refractivity contribution in [3.05, 3.63) is 60.0 Å². The minimum atomic E-state index is -0.574. The molecule has 0 unspecified atom stereocenters. The molecule has 0 saturated heterocycles. The molecule has 0 aliphatic carbocycles. The number of carbonyl (C=O) groups is 3. The molecule has 118 valence electrons. The molecular weight excluding hydrogens is 308 g/mol. The molecule has 0 fully saturated rings. The number of aromatic nitrogens is 2. The van der Waals surface area contributed by atoms with Crippen LogP contribution in [0, 0.1) is 0 Å². The second-order valence-corrected chi connectivity index (χ2v) is 5.27. The van der Waals surface area contributed by atoms with E-state index in [0.717, 1.165) is 15.9 Å². The summed E-state index contributed by atoms with van der Waals surface area (Å²) in [6.45, 7) is 0. The Bertz CT molecular complexity index is 998. The molecule has 3 N–H and O–H groups in total. The van der Waals surface area contributed by atoms with Gasteiger partial charge in [0.25, 0.3) is 11.8 Å². The number of hydrazine groups is 1. The summed E-state index contributed by atoms with van der Waals surface area (Å²) in [4.78, 5) is 42.2. The lowest BCUT2D eigenvalue weighted by atomic mass is 9.99. The highest BCUT2D eigenvalue weighted by Crippen LogP contribution is 2.37. The quantitative estimate of drug-likeness (QED) is 0.501. The molecule has 3 amide bonds. The summed E-state index contributed by atoms with van der Waals surface area (Å²) in [5.41, 5.74) is 4.62. The Hall–Kier alpha value is -3.61. The maximum atomic E-state index is 12.8. The van der Waals surface area contributed by atoms with Gasteiger partial charge in [0, 0.05) is 28.9 Å². The predicted molar refractivity (Wildman–Crippen MR) is 87.0 cm³/mol. The van der Waals surface area contributed by atoms with Crippen molar-refractivity contribution in [1.82, 2.24) is 20.4 Å². The molecule has 0 bridgehead atoms. The van der Waals surface area contributed by atoms with E-state index in [1.54, 1.807) is 24.5 Å². The summed E-state index contributed by atoms with van der Waals surface area (Å²) in [6, 6.07) is 10.9. The van der Waals surface area contributed by atoms with Crippen LogP contribution in [-0.4, -0.2) is 33.2 Å². The zero-order valence-electron chi connectivity index (χ0n) is 12.4. The molecule has 0 saturated carbocycles. The van der Waals surface area contributed by atoms with E-state index >= 15 is 0 Å². The summed E-state index contributed by atoms with van der Waals surface area (Å²) in [7, 11) is 0. The van der Waals surface area contributed by atoms with Gasteiger partial charge >= 0.3 is 0 Å². The first-order valence-electron chi connectivity index (χ1n) is 7.25. The van der Waals surface area contributed by atoms with Crippen LogP contribution in [-0.2, 0) is 14.4 Å². The normalized spacial score (nSPS) is 14.8. The van der Waals surface area contributed by atoms with Crippen LogP contribution < -0.4 is 5.43 Å². The van der Waals surface area contributed by atoms with E-state index in [4.69, 9.17) is 0 Å². The number of H-pyrrole nitrogens is 2. The van der Waals surface area contributed by atoms with Gasteiger partial charge in [0.15, 0.2) is 0 Å². The van der Waals surface area contributed by atoms with Crippen LogP contribution in [0.3, 0.4) is 0 Å². The van der Waals surface area contributed by atoms with Gasteiger partial charge < -0.3 is 9.97 Å². The van der Waals surface area contributed by atoms with Crippen molar-refractivity contribution in [2.45, 2.75) is 0 Å². The van der Waals surface area contributed by atoms with Gasteiger partial charge in [-0.3, -0.25) is 19.8 Å². The lowest BCUT2D eigenvalue weighted by molar-refractivity contribution is -0.142. The third kappa shape index (κ3) is 1.88. The van der Waals surface area contributed by atoms with E-state index in [0.29, 0.717) is 17.7 Å². The Balaban J connectivity index is 1.99. The summed E-state index contributed by atoms with van der Waals surface area (Å²) in [5, 5.41) is 1.55. The topological polar surface area (TPSA) is 98.1 Å². The number of carbonyl (C=O) groups excluding carboxylic acids is 3. The Morgan fingerprint density at radius 3 is 2.50 bits per heavy atom. The fourth-order valence-corrected chi connectivity index (χ4v) is 2.96. The van der Waals surface area contributed by atoms with E-state index < -0.39 is 11.8 Å². The fourth-order valence-electron chi connectivity index (χ4n) is 2.96. The molecule has 0 spiro atoms. The minimum Gasteiger partial charge on any atom is -0.361 e. The molecule has 1 aliphatic rings. The minimum absolute atomic E-state index is 0.226. The third-order valence-corrected chi connectivity index (χ3v) is 3.99. The standard InChI is InChI=1S/C17H12N4O3/c22-9-20-21-16(23)14(15(17(21)24)13-6-3-7-18-13)11-8-19-12-5-2-1-4-10(11)12/h1-9,18-19H,(H,20,22). The zero-order valence-corrected chi connectivity index (χ0v) is 12.4. The molecule has 3 heterocycles. The van der Waals surface area contributed by atoms with Crippen LogP contribution in [0.5, 0.6) is 0 Å². The van der Waals surface area contributed by atoms with Gasteiger partial charge in [-0.25, -0.2) is 0 Å². The molecule has 1 aromatic carbocycles. The van der Waals surface area contributed by atoms with Crippen molar-refractivity contribution < 1.29 is 14.4 Å². The van der Waals surface area contributed by atoms with Crippen molar-refractivity contribution in [2.75, 3.05) is 0 Å². The van der Waals surface area contributed by atoms with Crippen LogP contribution in [0.15, 0.2) is 48.8 Å². The number of nitrogens with one attached hydrogen (secondary N) is 3. The highest BCUT2D eigenvalue weighted by atomic mass is 16.2. The number of hydrogen-bond acceptors (Lipinski definition) is 3. The summed E-state index contributed by atoms with van der Waals surface area (Å²) >= 11 is 0. The van der Waals surface area contributed by atoms with Crippen LogP contribution in [0.4, 0.5) is 0 Å². The second kappa shape index (κ2) is 5.24. The van der Waals surface area contributed by atoms with Gasteiger partial charge in [-0.2, -0.15) is 5.01 Å². The largest absolute Gasteiger partial charge is 0.361 e. The van der Waals surface area contributed by atoms with Gasteiger partial charge in [0.2, 0.25) is 6.41 Å². The number of rotatable bonds is 4. The number of hydrogen-bond donors (Lipinski definition) is 3. The van der Waals surface area contributed by atoms with E-state index in [2.05, 4.69) is 15.4 Å². The number of aromatic amines is 2. The number of amides is 3. The Labute approximate surface area is 135 Å². The number of imide groups is 1. The highest BCUT2D eigenvalue weighted by Gasteiger charge is 2.41. The summed E-state index contributed by atoms with van der Waals surface area (Å²) in [5.74, 6) is -1.14. The smallest absolute Gasteiger partial charge is 0.282 e. The molecular formula is C17H12N4O3. The van der Waals surface area contributed by atoms with Crippen LogP contribution in [0.2, 0.25) is 0 Å². The second-order valence-electron chi connectivity index (χ2n) is 5.27. The average Bonchev–Trinajstić information content (AvgIpc) is 3.29. The SMILES string of the molecule is O=CNN1C(=O)C(c2ccc[nH]2)=C(c2c[nH]c3ccccc23)C1=O. The molecule has 2 aromatic heterocycles. The Morgan fingerprint density at radius 1 is 0.958 bits per heavy atom. The van der Waals surface area contributed by atoms with Gasteiger partial charge in [-0.05, 0) is 18.2 Å². The van der Waals surface area contributed by atoms with Crippen molar-refractivity contribution >= 4 is 40.3 Å². The number of fused-ring (bicyclic) bond motifs is 1. The number of para-hydroxylation sites is 1. The monoisotopic (exact) mass is 320 g/mol. The molecule has 0 radical (unpaired) electrons. The summed E-state index contributed by atoms with van der Waals surface area (Å²) < 4.78 is 0. The van der Waals surface area contributed by atoms with E-state index in [1.807, 2.05) is 24.3 Å². The van der Waals surface area contributed by atoms with Crippen LogP contribution in [0.25, 0.3) is 22.0 Å². The van der Waals surface area contributed by atoms with E-state index in [-0.39, 0.29) is 11.1 Å². The third-order valence-electron chi connectivity index (χ3n) is 3.99. The first kappa shape index (κ1) is 14.0. The number of nitrogens with zero attached hydrogens (tertiary/aromatic N) is 1. The molecule has 7 nitrogen and oxygen atoms in total. The van der Waals surface area contributed by atoms with Gasteiger partial charge in [-0.15, -0.1) is 0 Å². The van der Waals surface area contributed by atoms with Crippen LogP contribution in [0.1, 0.15) is 11.3 Å². The van der Waals surface area contributed by atoms with Crippen molar-refractivity contribution in [1.29, 1.82) is 0 Å². The maximum Gasteiger partial charge on any atom is 0.282 e. The maximum absolute atomic E-state index is 12.8. The molecule has 7 heteroatoms. The molecule has 24 heavy (non-hydrogen) atoms. The van der Waals surface area contributed by atoms with Gasteiger partial charge in [-0.1, -0.05) is 18.2 Å². The lowest BCUT2D eigenvalue weighted by Gasteiger charge is -2.11. The Kier molecular flexibility index (Phi) is 3.06. The van der Waals surface area contributed by atoms with Gasteiger partial charge in [0.1, 0.15) is 0 Å². The Morgan fingerprint density at radius 2 is 1.75 bits per heavy atom. The zero-order chi connectivity index (χ0) is 16.7. The fraction of sp³-hybridized carbons (Fsp3) is 0. The summed E-state index contributed by atoms with van der Waals surface area (Å²) in [6.07, 6.45) is 3.67. The van der Waals surface area contributed by atoms with Gasteiger partial charge in [0.05, 0.1) is 16.8 Å². The highest BCUT2D eigenvalue weighted by molar-refractivity contribution is 6.49. The molecule has 3 aromatic rings. The van der Waals surface area contributed by atoms with Crippen LogP contribution >= 0.6 is 0 Å². The first-order valence-corrected chi connectivity index (χ1v) is 7.25. The van der Waals surface area contributed by atoms with Crippen molar-refractivity contribution in [2.24, 2.45) is 0 Å². The average molecular weight is 320 g/mol. The molecule has 1 aliphatic heterocycles.